The third-order valence-corrected chi connectivity index (χ3v) is 4.85. The summed E-state index contributed by atoms with van der Waals surface area (Å²) < 4.78 is 5.40. The molecule has 0 aliphatic rings. The van der Waals surface area contributed by atoms with Crippen LogP contribution < -0.4 is 4.90 Å². The second-order valence-corrected chi connectivity index (χ2v) is 7.11. The Labute approximate surface area is 182 Å². The Hall–Kier alpha value is -3.91. The van der Waals surface area contributed by atoms with Crippen molar-refractivity contribution in [2.45, 2.75) is 25.9 Å². The van der Waals surface area contributed by atoms with Crippen LogP contribution in [0.1, 0.15) is 18.9 Å². The standard InChI is InChI=1S/C26H24N2O3/c1-20(26(30)28(18-8-17-27)24-11-6-3-7-12-24)31-25(29)19-21-13-15-23(16-14-21)22-9-4-2-5-10-22/h2-7,9-16,20H,8,18-19H2,1H3/t20-/m0/s1. The van der Waals surface area contributed by atoms with E-state index in [1.165, 1.54) is 4.90 Å². The molecule has 5 heteroatoms. The lowest BCUT2D eigenvalue weighted by molar-refractivity contribution is -0.153. The highest BCUT2D eigenvalue weighted by molar-refractivity contribution is 5.97. The van der Waals surface area contributed by atoms with Gasteiger partial charge in [0, 0.05) is 12.2 Å². The molecule has 0 aliphatic carbocycles. The van der Waals surface area contributed by atoms with Gasteiger partial charge in [-0.3, -0.25) is 9.59 Å². The number of para-hydroxylation sites is 1. The smallest absolute Gasteiger partial charge is 0.311 e. The maximum Gasteiger partial charge on any atom is 0.311 e. The van der Waals surface area contributed by atoms with Gasteiger partial charge in [0.2, 0.25) is 0 Å². The fourth-order valence-electron chi connectivity index (χ4n) is 3.26. The molecule has 156 valence electrons. The van der Waals surface area contributed by atoms with Gasteiger partial charge in [0.05, 0.1) is 18.9 Å². The molecule has 0 N–H and O–H groups in total. The lowest BCUT2D eigenvalue weighted by Crippen LogP contribution is -2.40. The van der Waals surface area contributed by atoms with Crippen molar-refractivity contribution in [3.05, 3.63) is 90.5 Å². The summed E-state index contributed by atoms with van der Waals surface area (Å²) in [4.78, 5) is 26.8. The monoisotopic (exact) mass is 412 g/mol. The van der Waals surface area contributed by atoms with Crippen molar-refractivity contribution in [3.63, 3.8) is 0 Å². The molecule has 0 heterocycles. The molecule has 0 aliphatic heterocycles. The van der Waals surface area contributed by atoms with Gasteiger partial charge in [-0.1, -0.05) is 72.8 Å². The van der Waals surface area contributed by atoms with Gasteiger partial charge in [0.25, 0.3) is 5.91 Å². The lowest BCUT2D eigenvalue weighted by atomic mass is 10.0. The average Bonchev–Trinajstić information content (AvgIpc) is 2.81. The quantitative estimate of drug-likeness (QED) is 0.500. The molecule has 0 saturated carbocycles. The molecular weight excluding hydrogens is 388 g/mol. The van der Waals surface area contributed by atoms with Crippen molar-refractivity contribution in [3.8, 4) is 17.2 Å². The number of esters is 1. The fourth-order valence-corrected chi connectivity index (χ4v) is 3.26. The molecule has 0 bridgehead atoms. The van der Waals surface area contributed by atoms with Crippen LogP contribution in [0, 0.1) is 11.3 Å². The Morgan fingerprint density at radius 1 is 0.903 bits per heavy atom. The van der Waals surface area contributed by atoms with Crippen LogP contribution in [0.4, 0.5) is 5.69 Å². The Kier molecular flexibility index (Phi) is 7.56. The minimum Gasteiger partial charge on any atom is -0.452 e. The second kappa shape index (κ2) is 10.7. The van der Waals surface area contributed by atoms with Gasteiger partial charge in [-0.2, -0.15) is 5.26 Å². The van der Waals surface area contributed by atoms with E-state index in [0.29, 0.717) is 5.69 Å². The zero-order chi connectivity index (χ0) is 22.1. The van der Waals surface area contributed by atoms with Gasteiger partial charge in [-0.05, 0) is 35.7 Å². The number of ether oxygens (including phenoxy) is 1. The number of hydrogen-bond acceptors (Lipinski definition) is 4. The molecule has 0 saturated heterocycles. The molecule has 5 nitrogen and oxygen atoms in total. The molecule has 31 heavy (non-hydrogen) atoms. The first kappa shape index (κ1) is 21.8. The number of rotatable bonds is 8. The van der Waals surface area contributed by atoms with E-state index in [4.69, 9.17) is 10.00 Å². The zero-order valence-electron chi connectivity index (χ0n) is 17.4. The summed E-state index contributed by atoms with van der Waals surface area (Å²) in [5, 5.41) is 8.91. The largest absolute Gasteiger partial charge is 0.452 e. The molecule has 1 amide bonds. The first-order valence-corrected chi connectivity index (χ1v) is 10.2. The SMILES string of the molecule is C[C@H](OC(=O)Cc1ccc(-c2ccccc2)cc1)C(=O)N(CCC#N)c1ccccc1. The summed E-state index contributed by atoms with van der Waals surface area (Å²) in [7, 11) is 0. The van der Waals surface area contributed by atoms with Crippen molar-refractivity contribution in [1.82, 2.24) is 0 Å². The van der Waals surface area contributed by atoms with Gasteiger partial charge in [0.15, 0.2) is 6.10 Å². The molecule has 0 fully saturated rings. The first-order valence-electron chi connectivity index (χ1n) is 10.2. The highest BCUT2D eigenvalue weighted by Gasteiger charge is 2.25. The second-order valence-electron chi connectivity index (χ2n) is 7.11. The highest BCUT2D eigenvalue weighted by atomic mass is 16.5. The number of amides is 1. The summed E-state index contributed by atoms with van der Waals surface area (Å²) in [5.74, 6) is -0.823. The van der Waals surface area contributed by atoms with Crippen LogP contribution in [0.5, 0.6) is 0 Å². The summed E-state index contributed by atoms with van der Waals surface area (Å²) >= 11 is 0. The number of hydrogen-bond donors (Lipinski definition) is 0. The van der Waals surface area contributed by atoms with Crippen molar-refractivity contribution in [2.24, 2.45) is 0 Å². The Bertz CT molecular complexity index is 1040. The van der Waals surface area contributed by atoms with E-state index in [2.05, 4.69) is 0 Å². The van der Waals surface area contributed by atoms with Crippen LogP contribution in [0.3, 0.4) is 0 Å². The Morgan fingerprint density at radius 3 is 2.10 bits per heavy atom. The van der Waals surface area contributed by atoms with E-state index in [0.717, 1.165) is 16.7 Å². The molecule has 0 aromatic heterocycles. The van der Waals surface area contributed by atoms with Crippen molar-refractivity contribution < 1.29 is 14.3 Å². The lowest BCUT2D eigenvalue weighted by Gasteiger charge is -2.25. The number of nitriles is 1. The van der Waals surface area contributed by atoms with Crippen LogP contribution in [0.25, 0.3) is 11.1 Å². The minimum absolute atomic E-state index is 0.0796. The fraction of sp³-hybridized carbons (Fsp3) is 0.192. The van der Waals surface area contributed by atoms with Gasteiger partial charge in [-0.25, -0.2) is 0 Å². The van der Waals surface area contributed by atoms with Gasteiger partial charge >= 0.3 is 5.97 Å². The topological polar surface area (TPSA) is 70.4 Å². The van der Waals surface area contributed by atoms with Crippen LogP contribution >= 0.6 is 0 Å². The molecule has 0 unspecified atom stereocenters. The van der Waals surface area contributed by atoms with Crippen molar-refractivity contribution in [1.29, 1.82) is 5.26 Å². The van der Waals surface area contributed by atoms with Gasteiger partial charge < -0.3 is 9.64 Å². The maximum atomic E-state index is 12.9. The predicted octanol–water partition coefficient (Wildman–Crippen LogP) is 4.77. The third kappa shape index (κ3) is 6.03. The van der Waals surface area contributed by atoms with Crippen LogP contribution in [-0.4, -0.2) is 24.5 Å². The Balaban J connectivity index is 1.61. The molecule has 3 rings (SSSR count). The third-order valence-electron chi connectivity index (χ3n) is 4.85. The molecule has 1 atom stereocenters. The van der Waals surface area contributed by atoms with Crippen molar-refractivity contribution >= 4 is 17.6 Å². The average molecular weight is 412 g/mol. The Morgan fingerprint density at radius 2 is 1.48 bits per heavy atom. The summed E-state index contributed by atoms with van der Waals surface area (Å²) in [6.07, 6.45) is -0.680. The number of carbonyl (C=O) groups is 2. The molecule has 0 spiro atoms. The predicted molar refractivity (Wildman–Crippen MR) is 120 cm³/mol. The number of anilines is 1. The van der Waals surface area contributed by atoms with E-state index in [9.17, 15) is 9.59 Å². The first-order chi connectivity index (χ1) is 15.1. The number of nitrogens with zero attached hydrogens (tertiary/aromatic N) is 2. The molecule has 0 radical (unpaired) electrons. The van der Waals surface area contributed by atoms with E-state index >= 15 is 0 Å². The van der Waals surface area contributed by atoms with E-state index < -0.39 is 12.1 Å². The normalized spacial score (nSPS) is 11.2. The van der Waals surface area contributed by atoms with Crippen LogP contribution in [0.2, 0.25) is 0 Å². The molecular formula is C26H24N2O3. The number of benzene rings is 3. The maximum absolute atomic E-state index is 12.9. The van der Waals surface area contributed by atoms with E-state index in [-0.39, 0.29) is 25.3 Å². The van der Waals surface area contributed by atoms with Crippen LogP contribution in [-0.2, 0) is 20.7 Å². The number of carbonyl (C=O) groups excluding carboxylic acids is 2. The highest BCUT2D eigenvalue weighted by Crippen LogP contribution is 2.20. The summed E-state index contributed by atoms with van der Waals surface area (Å²) in [6.45, 7) is 1.79. The van der Waals surface area contributed by atoms with E-state index in [1.807, 2.05) is 78.9 Å². The van der Waals surface area contributed by atoms with Gasteiger partial charge in [0.1, 0.15) is 0 Å². The van der Waals surface area contributed by atoms with Crippen LogP contribution in [0.15, 0.2) is 84.9 Å². The van der Waals surface area contributed by atoms with Gasteiger partial charge in [-0.15, -0.1) is 0 Å². The minimum atomic E-state index is -0.949. The van der Waals surface area contributed by atoms with Crippen molar-refractivity contribution in [2.75, 3.05) is 11.4 Å². The zero-order valence-corrected chi connectivity index (χ0v) is 17.4. The molecule has 3 aromatic rings. The summed E-state index contributed by atoms with van der Waals surface area (Å²) in [5.41, 5.74) is 3.65. The van der Waals surface area contributed by atoms with E-state index in [1.54, 1.807) is 19.1 Å². The summed E-state index contributed by atoms with van der Waals surface area (Å²) in [6, 6.07) is 28.8. The molecule has 3 aromatic carbocycles.